The standard InChI is InChI=1S/C24H26N2O2S/c1-27-21-12-13-23(28-2)20(14-21)15-25-24-26-22(16-29-24)19-10-8-18(9-11-19)17-6-4-3-5-7-17/h8-17H,3-7H2,1-2H3. The van der Waals surface area contributed by atoms with Crippen LogP contribution in [-0.2, 0) is 0 Å². The molecule has 0 amide bonds. The molecule has 1 saturated carbocycles. The van der Waals surface area contributed by atoms with Crippen molar-refractivity contribution >= 4 is 22.7 Å². The van der Waals surface area contributed by atoms with Crippen molar-refractivity contribution < 1.29 is 9.47 Å². The van der Waals surface area contributed by atoms with Crippen LogP contribution in [-0.4, -0.2) is 25.4 Å². The molecule has 1 fully saturated rings. The molecule has 1 aliphatic rings. The smallest absolute Gasteiger partial charge is 0.209 e. The van der Waals surface area contributed by atoms with E-state index in [1.54, 1.807) is 20.4 Å². The largest absolute Gasteiger partial charge is 0.497 e. The maximum atomic E-state index is 5.41. The summed E-state index contributed by atoms with van der Waals surface area (Å²) in [5.74, 6) is 2.25. The average Bonchev–Trinajstić information content (AvgIpc) is 3.27. The van der Waals surface area contributed by atoms with E-state index in [-0.39, 0.29) is 0 Å². The van der Waals surface area contributed by atoms with Crippen LogP contribution in [0.4, 0.5) is 5.13 Å². The van der Waals surface area contributed by atoms with Crippen LogP contribution >= 0.6 is 11.3 Å². The lowest BCUT2D eigenvalue weighted by Gasteiger charge is -2.22. The first-order chi connectivity index (χ1) is 14.3. The fourth-order valence-corrected chi connectivity index (χ4v) is 4.55. The molecule has 1 aliphatic carbocycles. The van der Waals surface area contributed by atoms with Crippen LogP contribution < -0.4 is 9.47 Å². The molecule has 150 valence electrons. The van der Waals surface area contributed by atoms with E-state index in [2.05, 4.69) is 39.6 Å². The van der Waals surface area contributed by atoms with Crippen LogP contribution in [0.3, 0.4) is 0 Å². The zero-order valence-corrected chi connectivity index (χ0v) is 17.7. The molecule has 0 radical (unpaired) electrons. The Labute approximate surface area is 176 Å². The molecular formula is C24H26N2O2S. The number of hydrogen-bond donors (Lipinski definition) is 0. The monoisotopic (exact) mass is 406 g/mol. The number of benzene rings is 2. The quantitative estimate of drug-likeness (QED) is 0.432. The number of aromatic nitrogens is 1. The molecule has 0 unspecified atom stereocenters. The molecule has 0 aliphatic heterocycles. The second-order valence-electron chi connectivity index (χ2n) is 7.34. The van der Waals surface area contributed by atoms with Gasteiger partial charge in [-0.05, 0) is 42.5 Å². The predicted octanol–water partition coefficient (Wildman–Crippen LogP) is 6.63. The summed E-state index contributed by atoms with van der Waals surface area (Å²) in [6.07, 6.45) is 8.52. The van der Waals surface area contributed by atoms with Gasteiger partial charge in [0.15, 0.2) is 0 Å². The van der Waals surface area contributed by atoms with E-state index in [0.29, 0.717) is 0 Å². The number of ether oxygens (including phenoxy) is 2. The molecule has 1 heterocycles. The summed E-state index contributed by atoms with van der Waals surface area (Å²) in [4.78, 5) is 9.23. The Kier molecular flexibility index (Phi) is 6.25. The Morgan fingerprint density at radius 2 is 1.79 bits per heavy atom. The fourth-order valence-electron chi connectivity index (χ4n) is 3.88. The third-order valence-corrected chi connectivity index (χ3v) is 6.27. The topological polar surface area (TPSA) is 43.7 Å². The molecule has 0 saturated heterocycles. The van der Waals surface area contributed by atoms with Crippen molar-refractivity contribution in [2.75, 3.05) is 14.2 Å². The van der Waals surface area contributed by atoms with Crippen LogP contribution in [0.5, 0.6) is 11.5 Å². The lowest BCUT2D eigenvalue weighted by molar-refractivity contribution is 0.402. The van der Waals surface area contributed by atoms with Crippen molar-refractivity contribution in [3.8, 4) is 22.8 Å². The van der Waals surface area contributed by atoms with Gasteiger partial charge in [0.2, 0.25) is 5.13 Å². The molecule has 4 rings (SSSR count). The highest BCUT2D eigenvalue weighted by atomic mass is 32.1. The summed E-state index contributed by atoms with van der Waals surface area (Å²) in [5.41, 5.74) is 4.43. The average molecular weight is 407 g/mol. The molecule has 29 heavy (non-hydrogen) atoms. The normalized spacial score (nSPS) is 15.0. The Balaban J connectivity index is 1.49. The number of methoxy groups -OCH3 is 2. The highest BCUT2D eigenvalue weighted by Crippen LogP contribution is 2.34. The Hall–Kier alpha value is -2.66. The first-order valence-electron chi connectivity index (χ1n) is 10.1. The van der Waals surface area contributed by atoms with Crippen molar-refractivity contribution in [3.63, 3.8) is 0 Å². The van der Waals surface area contributed by atoms with Gasteiger partial charge in [0.05, 0.1) is 19.9 Å². The van der Waals surface area contributed by atoms with Crippen molar-refractivity contribution in [1.29, 1.82) is 0 Å². The summed E-state index contributed by atoms with van der Waals surface area (Å²) in [6, 6.07) is 14.6. The number of aliphatic imine (C=N–C) groups is 1. The zero-order chi connectivity index (χ0) is 20.1. The van der Waals surface area contributed by atoms with Gasteiger partial charge < -0.3 is 9.47 Å². The zero-order valence-electron chi connectivity index (χ0n) is 16.9. The summed E-state index contributed by atoms with van der Waals surface area (Å²) in [6.45, 7) is 0. The van der Waals surface area contributed by atoms with Crippen LogP contribution in [0.15, 0.2) is 52.8 Å². The summed E-state index contributed by atoms with van der Waals surface area (Å²) < 4.78 is 10.7. The highest BCUT2D eigenvalue weighted by molar-refractivity contribution is 7.13. The van der Waals surface area contributed by atoms with E-state index in [0.717, 1.165) is 39.4 Å². The van der Waals surface area contributed by atoms with Crippen LogP contribution in [0.1, 0.15) is 49.1 Å². The maximum absolute atomic E-state index is 5.41. The lowest BCUT2D eigenvalue weighted by Crippen LogP contribution is -2.04. The van der Waals surface area contributed by atoms with Crippen molar-refractivity contribution in [2.45, 2.75) is 38.0 Å². The molecule has 1 aromatic heterocycles. The van der Waals surface area contributed by atoms with Gasteiger partial charge in [0, 0.05) is 22.7 Å². The molecule has 0 spiro atoms. The van der Waals surface area contributed by atoms with Gasteiger partial charge in [-0.1, -0.05) is 43.5 Å². The van der Waals surface area contributed by atoms with Crippen molar-refractivity contribution in [3.05, 3.63) is 59.0 Å². The fraction of sp³-hybridized carbons (Fsp3) is 0.333. The number of rotatable bonds is 6. The lowest BCUT2D eigenvalue weighted by atomic mass is 9.84. The minimum atomic E-state index is 0.723. The molecular weight excluding hydrogens is 380 g/mol. The van der Waals surface area contributed by atoms with Crippen LogP contribution in [0.25, 0.3) is 11.3 Å². The molecule has 4 nitrogen and oxygen atoms in total. The van der Waals surface area contributed by atoms with Gasteiger partial charge in [0.1, 0.15) is 11.5 Å². The van der Waals surface area contributed by atoms with E-state index < -0.39 is 0 Å². The van der Waals surface area contributed by atoms with E-state index >= 15 is 0 Å². The van der Waals surface area contributed by atoms with Crippen LogP contribution in [0, 0.1) is 0 Å². The predicted molar refractivity (Wildman–Crippen MR) is 120 cm³/mol. The second-order valence-corrected chi connectivity index (χ2v) is 8.17. The third-order valence-electron chi connectivity index (χ3n) is 5.53. The molecule has 3 aromatic rings. The van der Waals surface area contributed by atoms with Gasteiger partial charge in [-0.2, -0.15) is 0 Å². The van der Waals surface area contributed by atoms with E-state index in [1.807, 2.05) is 18.2 Å². The summed E-state index contributed by atoms with van der Waals surface area (Å²) in [7, 11) is 3.30. The molecule has 2 aromatic carbocycles. The Morgan fingerprint density at radius 1 is 1.00 bits per heavy atom. The van der Waals surface area contributed by atoms with Crippen molar-refractivity contribution in [1.82, 2.24) is 4.98 Å². The molecule has 0 atom stereocenters. The number of hydrogen-bond acceptors (Lipinski definition) is 5. The van der Waals surface area contributed by atoms with Gasteiger partial charge in [-0.15, -0.1) is 11.3 Å². The molecule has 5 heteroatoms. The first-order valence-corrected chi connectivity index (χ1v) is 11.0. The maximum Gasteiger partial charge on any atom is 0.209 e. The van der Waals surface area contributed by atoms with Gasteiger partial charge >= 0.3 is 0 Å². The van der Waals surface area contributed by atoms with E-state index in [9.17, 15) is 0 Å². The summed E-state index contributed by atoms with van der Waals surface area (Å²) >= 11 is 1.54. The number of thiazole rings is 1. The van der Waals surface area contributed by atoms with Gasteiger partial charge in [-0.3, -0.25) is 0 Å². The summed E-state index contributed by atoms with van der Waals surface area (Å²) in [5, 5.41) is 2.78. The van der Waals surface area contributed by atoms with E-state index in [4.69, 9.17) is 9.47 Å². The minimum Gasteiger partial charge on any atom is -0.497 e. The first kappa shape index (κ1) is 19.6. The molecule has 0 bridgehead atoms. The van der Waals surface area contributed by atoms with Crippen molar-refractivity contribution in [2.24, 2.45) is 4.99 Å². The Bertz CT molecular complexity index is 973. The minimum absolute atomic E-state index is 0.723. The Morgan fingerprint density at radius 3 is 2.52 bits per heavy atom. The van der Waals surface area contributed by atoms with Crippen LogP contribution in [0.2, 0.25) is 0 Å². The highest BCUT2D eigenvalue weighted by Gasteiger charge is 2.15. The SMILES string of the molecule is COc1ccc(OC)c(C=Nc2nc(-c3ccc(C4CCCCC4)cc3)cs2)c1. The second kappa shape index (κ2) is 9.23. The molecule has 0 N–H and O–H groups in total. The van der Waals surface area contributed by atoms with E-state index in [1.165, 1.54) is 49.0 Å². The number of nitrogens with zero attached hydrogens (tertiary/aromatic N) is 2. The third kappa shape index (κ3) is 4.67. The van der Waals surface area contributed by atoms with Gasteiger partial charge in [-0.25, -0.2) is 9.98 Å². The van der Waals surface area contributed by atoms with Gasteiger partial charge in [0.25, 0.3) is 0 Å².